The molecule has 2 rings (SSSR count). The summed E-state index contributed by atoms with van der Waals surface area (Å²) in [5.74, 6) is 0.230. The Morgan fingerprint density at radius 3 is 2.75 bits per heavy atom. The molecule has 0 atom stereocenters. The molecular formula is C16H22N2O2. The molecule has 4 nitrogen and oxygen atoms in total. The molecule has 0 heterocycles. The maximum Gasteiger partial charge on any atom is 0.267 e. The molecule has 1 fully saturated rings. The van der Waals surface area contributed by atoms with Crippen LogP contribution in [0.3, 0.4) is 0 Å². The summed E-state index contributed by atoms with van der Waals surface area (Å²) in [4.78, 5) is 11.0. The molecule has 4 heteroatoms. The van der Waals surface area contributed by atoms with Crippen LogP contribution in [0.4, 0.5) is 5.69 Å². The molecule has 1 amide bonds. The smallest absolute Gasteiger partial charge is 0.267 e. The Morgan fingerprint density at radius 2 is 2.00 bits per heavy atom. The standard InChI is InChI=1S/C16H22N2O2/c19-16(18-20)11-10-14-8-4-5-9-15(14)17-12-13-6-2-1-3-7-13/h4-5,8-11,13,17,20H,1-3,6-7,12H2,(H,18,19)/b11-10+. The van der Waals surface area contributed by atoms with Crippen LogP contribution in [0.25, 0.3) is 6.08 Å². The second-order valence-electron chi connectivity index (χ2n) is 5.28. The van der Waals surface area contributed by atoms with E-state index in [1.807, 2.05) is 24.3 Å². The fraction of sp³-hybridized carbons (Fsp3) is 0.438. The van der Waals surface area contributed by atoms with Gasteiger partial charge in [-0.3, -0.25) is 10.0 Å². The molecule has 1 aliphatic rings. The number of carbonyl (C=O) groups excluding carboxylic acids is 1. The van der Waals surface area contributed by atoms with E-state index in [1.54, 1.807) is 11.6 Å². The van der Waals surface area contributed by atoms with Gasteiger partial charge in [0.1, 0.15) is 0 Å². The summed E-state index contributed by atoms with van der Waals surface area (Å²) >= 11 is 0. The molecule has 0 spiro atoms. The predicted molar refractivity (Wildman–Crippen MR) is 80.5 cm³/mol. The second kappa shape index (κ2) is 7.70. The predicted octanol–water partition coefficient (Wildman–Crippen LogP) is 3.20. The van der Waals surface area contributed by atoms with E-state index in [0.29, 0.717) is 0 Å². The molecule has 20 heavy (non-hydrogen) atoms. The molecule has 1 aliphatic carbocycles. The van der Waals surface area contributed by atoms with Crippen LogP contribution in [-0.4, -0.2) is 17.7 Å². The summed E-state index contributed by atoms with van der Waals surface area (Å²) < 4.78 is 0. The maximum atomic E-state index is 11.0. The van der Waals surface area contributed by atoms with Crippen molar-refractivity contribution < 1.29 is 10.0 Å². The zero-order chi connectivity index (χ0) is 14.2. The van der Waals surface area contributed by atoms with Gasteiger partial charge in [-0.15, -0.1) is 0 Å². The Kier molecular flexibility index (Phi) is 5.62. The molecule has 108 valence electrons. The monoisotopic (exact) mass is 274 g/mol. The van der Waals surface area contributed by atoms with Crippen molar-refractivity contribution in [3.05, 3.63) is 35.9 Å². The van der Waals surface area contributed by atoms with E-state index in [1.165, 1.54) is 38.2 Å². The molecule has 0 radical (unpaired) electrons. The van der Waals surface area contributed by atoms with Crippen LogP contribution in [0.1, 0.15) is 37.7 Å². The number of hydroxylamine groups is 1. The van der Waals surface area contributed by atoms with E-state index in [9.17, 15) is 4.79 Å². The summed E-state index contributed by atoms with van der Waals surface area (Å²) in [5, 5.41) is 12.0. The summed E-state index contributed by atoms with van der Waals surface area (Å²) in [5.41, 5.74) is 3.57. The molecule has 3 N–H and O–H groups in total. The van der Waals surface area contributed by atoms with Crippen molar-refractivity contribution in [1.29, 1.82) is 0 Å². The van der Waals surface area contributed by atoms with Crippen LogP contribution in [0.15, 0.2) is 30.3 Å². The first kappa shape index (κ1) is 14.6. The van der Waals surface area contributed by atoms with Crippen LogP contribution in [0, 0.1) is 5.92 Å². The topological polar surface area (TPSA) is 61.4 Å². The van der Waals surface area contributed by atoms with Gasteiger partial charge in [-0.05, 0) is 36.5 Å². The highest BCUT2D eigenvalue weighted by atomic mass is 16.5. The van der Waals surface area contributed by atoms with Crippen LogP contribution in [0.5, 0.6) is 0 Å². The van der Waals surface area contributed by atoms with Crippen LogP contribution in [0.2, 0.25) is 0 Å². The van der Waals surface area contributed by atoms with Gasteiger partial charge in [0.15, 0.2) is 0 Å². The number of benzene rings is 1. The largest absolute Gasteiger partial charge is 0.384 e. The van der Waals surface area contributed by atoms with Crippen molar-refractivity contribution in [3.63, 3.8) is 0 Å². The van der Waals surface area contributed by atoms with E-state index in [-0.39, 0.29) is 0 Å². The number of amides is 1. The Labute approximate surface area is 119 Å². The van der Waals surface area contributed by atoms with E-state index in [0.717, 1.165) is 23.7 Å². The normalized spacial score (nSPS) is 16.2. The SMILES string of the molecule is O=C(/C=C/c1ccccc1NCC1CCCCC1)NO. The van der Waals surface area contributed by atoms with Crippen LogP contribution >= 0.6 is 0 Å². The van der Waals surface area contributed by atoms with Gasteiger partial charge in [0.2, 0.25) is 0 Å². The number of carbonyl (C=O) groups is 1. The van der Waals surface area contributed by atoms with Gasteiger partial charge in [-0.25, -0.2) is 5.48 Å². The van der Waals surface area contributed by atoms with Crippen molar-refractivity contribution in [2.75, 3.05) is 11.9 Å². The molecule has 0 aromatic heterocycles. The Bertz CT molecular complexity index is 465. The van der Waals surface area contributed by atoms with Gasteiger partial charge in [0.05, 0.1) is 0 Å². The number of nitrogens with one attached hydrogen (secondary N) is 2. The Morgan fingerprint density at radius 1 is 1.25 bits per heavy atom. The summed E-state index contributed by atoms with van der Waals surface area (Å²) in [6.45, 7) is 0.983. The first-order chi connectivity index (χ1) is 9.79. The molecule has 1 aromatic carbocycles. The highest BCUT2D eigenvalue weighted by Crippen LogP contribution is 2.25. The summed E-state index contributed by atoms with van der Waals surface area (Å²) in [7, 11) is 0. The lowest BCUT2D eigenvalue weighted by Crippen LogP contribution is -2.17. The molecular weight excluding hydrogens is 252 g/mol. The minimum Gasteiger partial charge on any atom is -0.384 e. The van der Waals surface area contributed by atoms with Gasteiger partial charge in [0.25, 0.3) is 5.91 Å². The van der Waals surface area contributed by atoms with Crippen molar-refractivity contribution in [1.82, 2.24) is 5.48 Å². The molecule has 0 bridgehead atoms. The van der Waals surface area contributed by atoms with Crippen LogP contribution in [-0.2, 0) is 4.79 Å². The minimum absolute atomic E-state index is 0.521. The number of rotatable bonds is 5. The number of hydrogen-bond acceptors (Lipinski definition) is 3. The minimum atomic E-state index is -0.521. The lowest BCUT2D eigenvalue weighted by atomic mass is 9.89. The highest BCUT2D eigenvalue weighted by molar-refractivity contribution is 5.91. The quantitative estimate of drug-likeness (QED) is 0.439. The molecule has 0 aliphatic heterocycles. The summed E-state index contributed by atoms with van der Waals surface area (Å²) in [6, 6.07) is 7.87. The lowest BCUT2D eigenvalue weighted by molar-refractivity contribution is -0.124. The van der Waals surface area contributed by atoms with E-state index in [2.05, 4.69) is 5.32 Å². The number of hydrogen-bond donors (Lipinski definition) is 3. The fourth-order valence-corrected chi connectivity index (χ4v) is 2.65. The number of para-hydroxylation sites is 1. The van der Waals surface area contributed by atoms with E-state index in [4.69, 9.17) is 5.21 Å². The Balaban J connectivity index is 1.96. The van der Waals surface area contributed by atoms with Gasteiger partial charge in [0, 0.05) is 18.3 Å². The Hall–Kier alpha value is -1.81. The van der Waals surface area contributed by atoms with Crippen LogP contribution < -0.4 is 10.8 Å². The van der Waals surface area contributed by atoms with Gasteiger partial charge >= 0.3 is 0 Å². The average Bonchev–Trinajstić information content (AvgIpc) is 2.52. The number of anilines is 1. The lowest BCUT2D eigenvalue weighted by Gasteiger charge is -2.22. The fourth-order valence-electron chi connectivity index (χ4n) is 2.65. The van der Waals surface area contributed by atoms with E-state index >= 15 is 0 Å². The molecule has 1 saturated carbocycles. The first-order valence-corrected chi connectivity index (χ1v) is 7.24. The zero-order valence-corrected chi connectivity index (χ0v) is 11.6. The maximum absolute atomic E-state index is 11.0. The van der Waals surface area contributed by atoms with Gasteiger partial charge in [-0.1, -0.05) is 37.5 Å². The highest BCUT2D eigenvalue weighted by Gasteiger charge is 2.13. The average molecular weight is 274 g/mol. The third-order valence-corrected chi connectivity index (χ3v) is 3.79. The molecule has 0 saturated heterocycles. The first-order valence-electron chi connectivity index (χ1n) is 7.24. The third-order valence-electron chi connectivity index (χ3n) is 3.79. The van der Waals surface area contributed by atoms with Crippen molar-refractivity contribution >= 4 is 17.7 Å². The van der Waals surface area contributed by atoms with Crippen molar-refractivity contribution in [2.45, 2.75) is 32.1 Å². The van der Waals surface area contributed by atoms with Gasteiger partial charge in [-0.2, -0.15) is 0 Å². The van der Waals surface area contributed by atoms with Crippen molar-refractivity contribution in [3.8, 4) is 0 Å². The zero-order valence-electron chi connectivity index (χ0n) is 11.6. The van der Waals surface area contributed by atoms with Gasteiger partial charge < -0.3 is 5.32 Å². The molecule has 0 unspecified atom stereocenters. The second-order valence-corrected chi connectivity index (χ2v) is 5.28. The molecule has 1 aromatic rings. The van der Waals surface area contributed by atoms with Crippen molar-refractivity contribution in [2.24, 2.45) is 5.92 Å². The van der Waals surface area contributed by atoms with E-state index < -0.39 is 5.91 Å². The summed E-state index contributed by atoms with van der Waals surface area (Å²) in [6.07, 6.45) is 9.67. The third kappa shape index (κ3) is 4.38.